The van der Waals surface area contributed by atoms with E-state index in [2.05, 4.69) is 4.72 Å². The topological polar surface area (TPSA) is 116 Å². The van der Waals surface area contributed by atoms with Crippen LogP contribution < -0.4 is 10.5 Å². The van der Waals surface area contributed by atoms with Gasteiger partial charge in [0.05, 0.1) is 11.3 Å². The summed E-state index contributed by atoms with van der Waals surface area (Å²) in [7, 11) is -3.71. The molecule has 1 amide bonds. The number of benzene rings is 3. The fourth-order valence-electron chi connectivity index (χ4n) is 4.11. The second-order valence-corrected chi connectivity index (χ2v) is 11.8. The normalized spacial score (nSPS) is 11.8. The summed E-state index contributed by atoms with van der Waals surface area (Å²) in [5.74, 6) is -0.000878. The van der Waals surface area contributed by atoms with Crippen LogP contribution in [0.15, 0.2) is 77.7 Å². The molecule has 37 heavy (non-hydrogen) atoms. The molecule has 0 saturated heterocycles. The number of carbonyl (C=O) groups excluding carboxylic acids is 1. The molecule has 0 aliphatic heterocycles. The van der Waals surface area contributed by atoms with Crippen LogP contribution in [-0.4, -0.2) is 37.1 Å². The highest BCUT2D eigenvalue weighted by atomic mass is 32.2. The molecule has 0 aromatic heterocycles. The number of nitrogens with two attached hydrogens (primary N) is 1. The third kappa shape index (κ3) is 7.74. The highest BCUT2D eigenvalue weighted by Crippen LogP contribution is 2.28. The van der Waals surface area contributed by atoms with Crippen LogP contribution in [0.25, 0.3) is 11.1 Å². The van der Waals surface area contributed by atoms with Gasteiger partial charge < -0.3 is 10.6 Å². The molecule has 3 rings (SSSR count). The number of nitrogen functional groups attached to an aromatic ring is 1. The van der Waals surface area contributed by atoms with Crippen molar-refractivity contribution in [3.05, 3.63) is 89.5 Å². The maximum Gasteiger partial charge on any atom is 0.241 e. The van der Waals surface area contributed by atoms with Crippen LogP contribution >= 0.6 is 0 Å². The minimum atomic E-state index is -3.71. The third-order valence-electron chi connectivity index (χ3n) is 5.70. The van der Waals surface area contributed by atoms with E-state index in [0.717, 1.165) is 23.1 Å². The van der Waals surface area contributed by atoms with Gasteiger partial charge in [0.25, 0.3) is 0 Å². The van der Waals surface area contributed by atoms with E-state index in [1.54, 1.807) is 45.0 Å². The number of rotatable bonds is 10. The number of nitrogens with one attached hydrogen (secondary N) is 2. The summed E-state index contributed by atoms with van der Waals surface area (Å²) >= 11 is 0. The average molecular weight is 521 g/mol. The first-order valence-electron chi connectivity index (χ1n) is 12.3. The zero-order chi connectivity index (χ0) is 27.2. The van der Waals surface area contributed by atoms with Gasteiger partial charge in [-0.1, -0.05) is 67.6 Å². The Morgan fingerprint density at radius 1 is 0.973 bits per heavy atom. The second kappa shape index (κ2) is 11.7. The molecule has 7 nitrogen and oxygen atoms in total. The molecule has 196 valence electrons. The Morgan fingerprint density at radius 2 is 1.65 bits per heavy atom. The number of nitrogens with zero attached hydrogens (tertiary/aromatic N) is 1. The lowest BCUT2D eigenvalue weighted by Crippen LogP contribution is -2.40. The van der Waals surface area contributed by atoms with E-state index in [4.69, 9.17) is 11.1 Å². The highest BCUT2D eigenvalue weighted by molar-refractivity contribution is 7.89. The molecular weight excluding hydrogens is 484 g/mol. The first-order valence-corrected chi connectivity index (χ1v) is 13.8. The maximum absolute atomic E-state index is 13.2. The largest absolute Gasteiger partial charge is 0.384 e. The van der Waals surface area contributed by atoms with E-state index in [0.29, 0.717) is 24.2 Å². The quantitative estimate of drug-likeness (QED) is 0.265. The predicted molar refractivity (Wildman–Crippen MR) is 149 cm³/mol. The molecular formula is C29H36N4O3S. The monoisotopic (exact) mass is 520 g/mol. The van der Waals surface area contributed by atoms with Crippen LogP contribution in [0.1, 0.15) is 50.8 Å². The Balaban J connectivity index is 1.79. The summed E-state index contributed by atoms with van der Waals surface area (Å²) in [6, 6.07) is 21.8. The maximum atomic E-state index is 13.2. The molecule has 0 aliphatic rings. The summed E-state index contributed by atoms with van der Waals surface area (Å²) in [5.41, 5.74) is 8.79. The first-order chi connectivity index (χ1) is 17.4. The molecule has 0 heterocycles. The zero-order valence-corrected chi connectivity index (χ0v) is 22.7. The first kappa shape index (κ1) is 28.1. The number of hydrogen-bond acceptors (Lipinski definition) is 4. The van der Waals surface area contributed by atoms with Gasteiger partial charge in [-0.3, -0.25) is 10.2 Å². The number of carbonyl (C=O) groups is 1. The van der Waals surface area contributed by atoms with Crippen molar-refractivity contribution in [3.8, 4) is 11.1 Å². The van der Waals surface area contributed by atoms with Crippen molar-refractivity contribution >= 4 is 21.8 Å². The number of sulfonamides is 1. The van der Waals surface area contributed by atoms with Gasteiger partial charge in [0, 0.05) is 29.8 Å². The Morgan fingerprint density at radius 3 is 2.27 bits per heavy atom. The van der Waals surface area contributed by atoms with Gasteiger partial charge >= 0.3 is 0 Å². The Kier molecular flexibility index (Phi) is 8.89. The molecule has 8 heteroatoms. The number of amides is 1. The Labute approximate surface area is 220 Å². The molecule has 0 bridgehead atoms. The average Bonchev–Trinajstić information content (AvgIpc) is 2.83. The lowest BCUT2D eigenvalue weighted by atomic mass is 10.0. The molecule has 0 aliphatic carbocycles. The Hall–Kier alpha value is -3.49. The zero-order valence-electron chi connectivity index (χ0n) is 21.9. The standard InChI is InChI=1S/C29H36N4O3S/c1-5-17-33(20-22-9-8-10-24(18-22)28(30)31)27(34)19-21-13-15-23(16-14-21)25-11-6-7-12-26(25)37(35,36)32-29(2,3)4/h6-16,18,32H,5,17,19-20H2,1-4H3,(H3,30,31). The van der Waals surface area contributed by atoms with Crippen molar-refractivity contribution in [2.75, 3.05) is 6.54 Å². The summed E-state index contributed by atoms with van der Waals surface area (Å²) in [6.07, 6.45) is 1.06. The van der Waals surface area contributed by atoms with E-state index in [1.165, 1.54) is 0 Å². The minimum Gasteiger partial charge on any atom is -0.384 e. The van der Waals surface area contributed by atoms with Crippen molar-refractivity contribution in [2.24, 2.45) is 5.73 Å². The third-order valence-corrected chi connectivity index (χ3v) is 7.51. The molecule has 0 radical (unpaired) electrons. The molecule has 4 N–H and O–H groups in total. The van der Waals surface area contributed by atoms with Crippen LogP contribution in [0.2, 0.25) is 0 Å². The van der Waals surface area contributed by atoms with Crippen LogP contribution in [0.4, 0.5) is 0 Å². The molecule has 3 aromatic rings. The van der Waals surface area contributed by atoms with E-state index >= 15 is 0 Å². The van der Waals surface area contributed by atoms with E-state index in [-0.39, 0.29) is 23.1 Å². The van der Waals surface area contributed by atoms with E-state index < -0.39 is 15.6 Å². The number of amidine groups is 1. The van der Waals surface area contributed by atoms with Gasteiger partial charge in [0.15, 0.2) is 0 Å². The van der Waals surface area contributed by atoms with Gasteiger partial charge in [-0.25, -0.2) is 13.1 Å². The summed E-state index contributed by atoms with van der Waals surface area (Å²) in [6.45, 7) is 8.51. The van der Waals surface area contributed by atoms with Crippen molar-refractivity contribution in [1.82, 2.24) is 9.62 Å². The van der Waals surface area contributed by atoms with Crippen molar-refractivity contribution in [2.45, 2.75) is 57.5 Å². The molecule has 0 spiro atoms. The van der Waals surface area contributed by atoms with Gasteiger partial charge in [-0.05, 0) is 56.0 Å². The predicted octanol–water partition coefficient (Wildman–Crippen LogP) is 4.70. The van der Waals surface area contributed by atoms with Crippen molar-refractivity contribution < 1.29 is 13.2 Å². The fraction of sp³-hybridized carbons (Fsp3) is 0.310. The smallest absolute Gasteiger partial charge is 0.241 e. The highest BCUT2D eigenvalue weighted by Gasteiger charge is 2.24. The van der Waals surface area contributed by atoms with Gasteiger partial charge in [0.2, 0.25) is 15.9 Å². The summed E-state index contributed by atoms with van der Waals surface area (Å²) in [4.78, 5) is 15.2. The number of hydrogen-bond donors (Lipinski definition) is 3. The molecule has 0 unspecified atom stereocenters. The summed E-state index contributed by atoms with van der Waals surface area (Å²) in [5, 5.41) is 7.65. The van der Waals surface area contributed by atoms with Gasteiger partial charge in [-0.2, -0.15) is 0 Å². The fourth-order valence-corrected chi connectivity index (χ4v) is 5.75. The Bertz CT molecular complexity index is 1360. The molecule has 0 saturated carbocycles. The minimum absolute atomic E-state index is 0.000170. The second-order valence-electron chi connectivity index (χ2n) is 10.2. The van der Waals surface area contributed by atoms with Crippen LogP contribution in [-0.2, 0) is 27.8 Å². The lowest BCUT2D eigenvalue weighted by molar-refractivity contribution is -0.131. The van der Waals surface area contributed by atoms with Crippen molar-refractivity contribution in [3.63, 3.8) is 0 Å². The van der Waals surface area contributed by atoms with Gasteiger partial charge in [0.1, 0.15) is 5.84 Å². The SMILES string of the molecule is CCCN(Cc1cccc(C(=N)N)c1)C(=O)Cc1ccc(-c2ccccc2S(=O)(=O)NC(C)(C)C)cc1. The van der Waals surface area contributed by atoms with E-state index in [1.807, 2.05) is 60.4 Å². The van der Waals surface area contributed by atoms with Gasteiger partial charge in [-0.15, -0.1) is 0 Å². The lowest BCUT2D eigenvalue weighted by Gasteiger charge is -2.23. The summed E-state index contributed by atoms with van der Waals surface area (Å²) < 4.78 is 28.8. The van der Waals surface area contributed by atoms with Crippen molar-refractivity contribution in [1.29, 1.82) is 5.41 Å². The molecule has 0 atom stereocenters. The van der Waals surface area contributed by atoms with E-state index in [9.17, 15) is 13.2 Å². The molecule has 3 aromatic carbocycles. The van der Waals surface area contributed by atoms with Crippen LogP contribution in [0, 0.1) is 5.41 Å². The van der Waals surface area contributed by atoms with Crippen LogP contribution in [0.3, 0.4) is 0 Å². The van der Waals surface area contributed by atoms with Crippen LogP contribution in [0.5, 0.6) is 0 Å². The molecule has 0 fully saturated rings.